The van der Waals surface area contributed by atoms with Crippen molar-refractivity contribution in [1.82, 2.24) is 20.1 Å². The molecule has 0 fully saturated rings. The molecule has 1 heterocycles. The Balaban J connectivity index is 0.00000220. The normalized spacial score (nSPS) is 11.0. The number of hydrogen-bond donors (Lipinski definition) is 2. The molecule has 0 saturated heterocycles. The average molecular weight is 402 g/mol. The van der Waals surface area contributed by atoms with Crippen molar-refractivity contribution in [2.75, 3.05) is 20.3 Å². The maximum atomic E-state index is 5.75. The number of nitrogens with two attached hydrogens (primary N) is 1. The summed E-state index contributed by atoms with van der Waals surface area (Å²) in [6.45, 7) is 1.56. The highest BCUT2D eigenvalue weighted by Crippen LogP contribution is 2.09. The van der Waals surface area contributed by atoms with E-state index in [1.54, 1.807) is 13.4 Å². The van der Waals surface area contributed by atoms with Crippen LogP contribution in [0.4, 0.5) is 0 Å². The Labute approximate surface area is 140 Å². The molecule has 2 rings (SSSR count). The summed E-state index contributed by atoms with van der Waals surface area (Å²) in [6, 6.07) is 9.85. The van der Waals surface area contributed by atoms with E-state index in [0.717, 1.165) is 11.5 Å². The van der Waals surface area contributed by atoms with Crippen LogP contribution in [-0.4, -0.2) is 41.0 Å². The number of para-hydroxylation sites is 1. The van der Waals surface area contributed by atoms with Crippen LogP contribution < -0.4 is 11.1 Å². The van der Waals surface area contributed by atoms with Gasteiger partial charge in [-0.3, -0.25) is 4.57 Å². The predicted molar refractivity (Wildman–Crippen MR) is 92.0 cm³/mol. The first-order chi connectivity index (χ1) is 9.81. The fourth-order valence-corrected chi connectivity index (χ4v) is 1.66. The van der Waals surface area contributed by atoms with Gasteiger partial charge >= 0.3 is 0 Å². The number of ether oxygens (including phenoxy) is 1. The lowest BCUT2D eigenvalue weighted by Gasteiger charge is -2.06. The van der Waals surface area contributed by atoms with E-state index in [2.05, 4.69) is 20.5 Å². The monoisotopic (exact) mass is 402 g/mol. The van der Waals surface area contributed by atoms with Gasteiger partial charge in [-0.2, -0.15) is 0 Å². The zero-order valence-corrected chi connectivity index (χ0v) is 14.1. The summed E-state index contributed by atoms with van der Waals surface area (Å²) < 4.78 is 6.80. The minimum atomic E-state index is 0. The van der Waals surface area contributed by atoms with Crippen LogP contribution in [0.3, 0.4) is 0 Å². The smallest absolute Gasteiger partial charge is 0.189 e. The van der Waals surface area contributed by atoms with Crippen LogP contribution in [-0.2, 0) is 11.3 Å². The lowest BCUT2D eigenvalue weighted by molar-refractivity contribution is 0.204. The van der Waals surface area contributed by atoms with E-state index in [4.69, 9.17) is 10.5 Å². The summed E-state index contributed by atoms with van der Waals surface area (Å²) in [5, 5.41) is 10.9. The molecule has 0 atom stereocenters. The van der Waals surface area contributed by atoms with Crippen molar-refractivity contribution in [2.45, 2.75) is 6.54 Å². The molecule has 0 aliphatic rings. The third-order valence-electron chi connectivity index (χ3n) is 2.66. The number of benzene rings is 1. The van der Waals surface area contributed by atoms with E-state index in [1.165, 1.54) is 0 Å². The Morgan fingerprint density at radius 2 is 2.14 bits per heavy atom. The number of halogens is 1. The molecular weight excluding hydrogens is 383 g/mol. The minimum absolute atomic E-state index is 0. The molecule has 0 saturated carbocycles. The maximum Gasteiger partial charge on any atom is 0.189 e. The molecule has 3 N–H and O–H groups in total. The zero-order valence-electron chi connectivity index (χ0n) is 11.8. The molecule has 0 amide bonds. The first kappa shape index (κ1) is 17.4. The summed E-state index contributed by atoms with van der Waals surface area (Å²) >= 11 is 0. The molecule has 1 aromatic carbocycles. The highest BCUT2D eigenvalue weighted by molar-refractivity contribution is 14.0. The first-order valence-corrected chi connectivity index (χ1v) is 6.28. The molecule has 21 heavy (non-hydrogen) atoms. The van der Waals surface area contributed by atoms with Gasteiger partial charge in [0, 0.05) is 19.3 Å². The largest absolute Gasteiger partial charge is 0.383 e. The van der Waals surface area contributed by atoms with E-state index in [0.29, 0.717) is 25.7 Å². The van der Waals surface area contributed by atoms with Gasteiger partial charge in [0.2, 0.25) is 0 Å². The van der Waals surface area contributed by atoms with Crippen LogP contribution in [0.1, 0.15) is 5.82 Å². The van der Waals surface area contributed by atoms with Crippen LogP contribution in [0.5, 0.6) is 0 Å². The van der Waals surface area contributed by atoms with Crippen LogP contribution in [0.25, 0.3) is 5.69 Å². The second-order valence-corrected chi connectivity index (χ2v) is 4.07. The van der Waals surface area contributed by atoms with E-state index >= 15 is 0 Å². The number of hydrogen-bond acceptors (Lipinski definition) is 4. The Morgan fingerprint density at radius 1 is 1.38 bits per heavy atom. The number of aliphatic imine (C=N–C) groups is 1. The van der Waals surface area contributed by atoms with E-state index in [-0.39, 0.29) is 24.0 Å². The summed E-state index contributed by atoms with van der Waals surface area (Å²) in [7, 11) is 1.64. The van der Waals surface area contributed by atoms with Gasteiger partial charge in [-0.05, 0) is 12.1 Å². The minimum Gasteiger partial charge on any atom is -0.383 e. The number of nitrogens with one attached hydrogen (secondary N) is 1. The van der Waals surface area contributed by atoms with Gasteiger partial charge in [0.15, 0.2) is 11.8 Å². The summed E-state index contributed by atoms with van der Waals surface area (Å²) in [6.07, 6.45) is 1.66. The molecule has 7 nitrogen and oxygen atoms in total. The molecule has 0 spiro atoms. The topological polar surface area (TPSA) is 90.3 Å². The van der Waals surface area contributed by atoms with Gasteiger partial charge in [-0.1, -0.05) is 18.2 Å². The SMILES string of the molecule is COCCNC(N)=NCc1nncn1-c1ccccc1.I. The standard InChI is InChI=1S/C13H18N6O.HI/c1-20-8-7-15-13(14)16-9-12-18-17-10-19(12)11-5-3-2-4-6-11;/h2-6,10H,7-9H2,1H3,(H3,14,15,16);1H. The quantitative estimate of drug-likeness (QED) is 0.325. The number of methoxy groups -OCH3 is 1. The van der Waals surface area contributed by atoms with Crippen LogP contribution >= 0.6 is 24.0 Å². The first-order valence-electron chi connectivity index (χ1n) is 6.28. The van der Waals surface area contributed by atoms with Gasteiger partial charge < -0.3 is 15.8 Å². The van der Waals surface area contributed by atoms with Crippen molar-refractivity contribution in [1.29, 1.82) is 0 Å². The Bertz CT molecular complexity index is 557. The van der Waals surface area contributed by atoms with Gasteiger partial charge in [0.05, 0.1) is 6.61 Å². The van der Waals surface area contributed by atoms with E-state index < -0.39 is 0 Å². The lowest BCUT2D eigenvalue weighted by atomic mass is 10.3. The highest BCUT2D eigenvalue weighted by Gasteiger charge is 2.05. The molecule has 0 aliphatic heterocycles. The van der Waals surface area contributed by atoms with Gasteiger partial charge in [-0.15, -0.1) is 34.2 Å². The summed E-state index contributed by atoms with van der Waals surface area (Å²) in [5.74, 6) is 1.09. The Kier molecular flexibility index (Phi) is 7.69. The number of guanidine groups is 1. The zero-order chi connectivity index (χ0) is 14.2. The lowest BCUT2D eigenvalue weighted by Crippen LogP contribution is -2.34. The second kappa shape index (κ2) is 9.29. The Morgan fingerprint density at radius 3 is 2.86 bits per heavy atom. The molecule has 1 aromatic heterocycles. The van der Waals surface area contributed by atoms with Crippen molar-refractivity contribution in [3.05, 3.63) is 42.5 Å². The molecule has 2 aromatic rings. The Hall–Kier alpha value is -1.68. The molecule has 0 aliphatic carbocycles. The maximum absolute atomic E-state index is 5.75. The van der Waals surface area contributed by atoms with Crippen molar-refractivity contribution >= 4 is 29.9 Å². The molecule has 114 valence electrons. The molecule has 0 unspecified atom stereocenters. The predicted octanol–water partition coefficient (Wildman–Crippen LogP) is 0.936. The highest BCUT2D eigenvalue weighted by atomic mass is 127. The number of aromatic nitrogens is 3. The van der Waals surface area contributed by atoms with Crippen molar-refractivity contribution in [2.24, 2.45) is 10.7 Å². The summed E-state index contributed by atoms with van der Waals surface area (Å²) in [4.78, 5) is 4.23. The number of rotatable bonds is 6. The fourth-order valence-electron chi connectivity index (χ4n) is 1.66. The number of nitrogens with zero attached hydrogens (tertiary/aromatic N) is 4. The van der Waals surface area contributed by atoms with Crippen LogP contribution in [0.2, 0.25) is 0 Å². The molecule has 8 heteroatoms. The van der Waals surface area contributed by atoms with Gasteiger partial charge in [-0.25, -0.2) is 4.99 Å². The van der Waals surface area contributed by atoms with E-state index in [9.17, 15) is 0 Å². The van der Waals surface area contributed by atoms with Crippen molar-refractivity contribution < 1.29 is 4.74 Å². The third-order valence-corrected chi connectivity index (χ3v) is 2.66. The van der Waals surface area contributed by atoms with Crippen LogP contribution in [0.15, 0.2) is 41.7 Å². The van der Waals surface area contributed by atoms with Gasteiger partial charge in [0.1, 0.15) is 12.9 Å². The molecule has 0 bridgehead atoms. The summed E-state index contributed by atoms with van der Waals surface area (Å²) in [5.41, 5.74) is 6.74. The fraction of sp³-hybridized carbons (Fsp3) is 0.308. The van der Waals surface area contributed by atoms with Crippen LogP contribution in [0, 0.1) is 0 Å². The van der Waals surface area contributed by atoms with Crippen molar-refractivity contribution in [3.63, 3.8) is 0 Å². The van der Waals surface area contributed by atoms with Gasteiger partial charge in [0.25, 0.3) is 0 Å². The molecule has 0 radical (unpaired) electrons. The average Bonchev–Trinajstić information content (AvgIpc) is 2.95. The third kappa shape index (κ3) is 5.31. The second-order valence-electron chi connectivity index (χ2n) is 4.07. The molecular formula is C13H19IN6O. The van der Waals surface area contributed by atoms with Crippen molar-refractivity contribution in [3.8, 4) is 5.69 Å². The van der Waals surface area contributed by atoms with E-state index in [1.807, 2.05) is 34.9 Å².